The quantitative estimate of drug-likeness (QED) is 0.125. The molecule has 6 aromatic rings. The maximum Gasteiger partial charge on any atom is 0.238 e. The van der Waals surface area contributed by atoms with E-state index in [0.29, 0.717) is 0 Å². The molecule has 0 saturated heterocycles. The van der Waals surface area contributed by atoms with E-state index in [1.165, 1.54) is 0 Å². The van der Waals surface area contributed by atoms with E-state index in [1.54, 1.807) is 0 Å². The van der Waals surface area contributed by atoms with E-state index in [0.717, 1.165) is 48.5 Å². The fourth-order valence-electron chi connectivity index (χ4n) is 4.66. The van der Waals surface area contributed by atoms with Crippen molar-refractivity contribution in [1.82, 2.24) is 0 Å². The Labute approximate surface area is 247 Å². The van der Waals surface area contributed by atoms with Gasteiger partial charge in [-0.05, 0) is 24.3 Å². The summed E-state index contributed by atoms with van der Waals surface area (Å²) in [5, 5.41) is 102. The minimum atomic E-state index is -1.10. The van der Waals surface area contributed by atoms with E-state index >= 15 is 0 Å². The lowest BCUT2D eigenvalue weighted by atomic mass is 10.1. The van der Waals surface area contributed by atoms with Gasteiger partial charge in [0.25, 0.3) is 0 Å². The molecule has 15 heteroatoms. The normalized spacial score (nSPS) is 11.3. The van der Waals surface area contributed by atoms with Gasteiger partial charge in [-0.1, -0.05) is 0 Å². The van der Waals surface area contributed by atoms with Crippen molar-refractivity contribution < 1.29 is 64.6 Å². The second kappa shape index (κ2) is 9.84. The van der Waals surface area contributed by atoms with E-state index < -0.39 is 102 Å². The SMILES string of the molecule is O=c1c(O)c(-c2cc(O)c(O)c(Oc3cc(-c4oc5cc(O)cc(O)c5c(=O)c4O)cc(O)c3O)c2)oc2cc(O)cc(O)c12. The van der Waals surface area contributed by atoms with Crippen LogP contribution in [0.3, 0.4) is 0 Å². The molecule has 10 N–H and O–H groups in total. The third kappa shape index (κ3) is 4.47. The van der Waals surface area contributed by atoms with Crippen LogP contribution in [0.1, 0.15) is 0 Å². The summed E-state index contributed by atoms with van der Waals surface area (Å²) in [6.07, 6.45) is 0. The van der Waals surface area contributed by atoms with Crippen LogP contribution in [-0.2, 0) is 0 Å². The van der Waals surface area contributed by atoms with Crippen molar-refractivity contribution in [3.8, 4) is 91.6 Å². The predicted molar refractivity (Wildman–Crippen MR) is 153 cm³/mol. The number of fused-ring (bicyclic) bond motifs is 2. The van der Waals surface area contributed by atoms with Gasteiger partial charge in [-0.3, -0.25) is 9.59 Å². The Morgan fingerprint density at radius 1 is 0.444 bits per heavy atom. The van der Waals surface area contributed by atoms with Gasteiger partial charge in [0.05, 0.1) is 0 Å². The minimum Gasteiger partial charge on any atom is -0.508 e. The van der Waals surface area contributed by atoms with Gasteiger partial charge in [0, 0.05) is 35.4 Å². The van der Waals surface area contributed by atoms with Crippen LogP contribution < -0.4 is 15.6 Å². The topological polar surface area (TPSA) is 272 Å². The second-order valence-corrected chi connectivity index (χ2v) is 9.68. The van der Waals surface area contributed by atoms with Crippen molar-refractivity contribution in [1.29, 1.82) is 0 Å². The maximum atomic E-state index is 12.8. The van der Waals surface area contributed by atoms with Gasteiger partial charge < -0.3 is 64.6 Å². The van der Waals surface area contributed by atoms with Crippen molar-refractivity contribution in [3.63, 3.8) is 0 Å². The van der Waals surface area contributed by atoms with Crippen LogP contribution >= 0.6 is 0 Å². The van der Waals surface area contributed by atoms with E-state index in [2.05, 4.69) is 0 Å². The van der Waals surface area contributed by atoms with Gasteiger partial charge in [-0.15, -0.1) is 0 Å². The third-order valence-electron chi connectivity index (χ3n) is 6.72. The van der Waals surface area contributed by atoms with Gasteiger partial charge in [-0.25, -0.2) is 0 Å². The van der Waals surface area contributed by atoms with Gasteiger partial charge in [-0.2, -0.15) is 0 Å². The molecule has 15 nitrogen and oxygen atoms in total. The van der Waals surface area contributed by atoms with Crippen LogP contribution in [0.4, 0.5) is 0 Å². The molecule has 0 unspecified atom stereocenters. The highest BCUT2D eigenvalue weighted by Crippen LogP contribution is 2.48. The lowest BCUT2D eigenvalue weighted by Crippen LogP contribution is -2.03. The van der Waals surface area contributed by atoms with Crippen LogP contribution in [0.15, 0.2) is 67.0 Å². The van der Waals surface area contributed by atoms with Crippen molar-refractivity contribution in [2.75, 3.05) is 0 Å². The zero-order valence-corrected chi connectivity index (χ0v) is 22.1. The molecule has 0 aliphatic heterocycles. The molecule has 0 spiro atoms. The Kier molecular flexibility index (Phi) is 6.17. The molecule has 0 fully saturated rings. The Morgan fingerprint density at radius 2 is 0.822 bits per heavy atom. The number of aromatic hydroxyl groups is 10. The third-order valence-corrected chi connectivity index (χ3v) is 6.72. The molecule has 228 valence electrons. The van der Waals surface area contributed by atoms with Crippen molar-refractivity contribution >= 4 is 21.9 Å². The summed E-state index contributed by atoms with van der Waals surface area (Å²) in [7, 11) is 0. The number of phenols is 8. The van der Waals surface area contributed by atoms with Gasteiger partial charge in [0.15, 0.2) is 34.5 Å². The summed E-state index contributed by atoms with van der Waals surface area (Å²) >= 11 is 0. The van der Waals surface area contributed by atoms with Crippen LogP contribution in [0.25, 0.3) is 44.6 Å². The smallest absolute Gasteiger partial charge is 0.238 e. The van der Waals surface area contributed by atoms with Crippen molar-refractivity contribution in [2.45, 2.75) is 0 Å². The Balaban J connectivity index is 1.50. The first-order valence-corrected chi connectivity index (χ1v) is 12.5. The van der Waals surface area contributed by atoms with Crippen molar-refractivity contribution in [2.24, 2.45) is 0 Å². The molecule has 0 aliphatic carbocycles. The number of ether oxygens (including phenoxy) is 1. The molecule has 0 aliphatic rings. The van der Waals surface area contributed by atoms with Crippen LogP contribution in [0.2, 0.25) is 0 Å². The minimum absolute atomic E-state index is 0.280. The Bertz CT molecular complexity index is 2190. The number of phenolic OH excluding ortho intramolecular Hbond substituents is 8. The number of benzene rings is 4. The summed E-state index contributed by atoms with van der Waals surface area (Å²) in [5.74, 6) is -10.4. The molecule has 0 amide bonds. The molecule has 45 heavy (non-hydrogen) atoms. The first-order valence-electron chi connectivity index (χ1n) is 12.5. The van der Waals surface area contributed by atoms with E-state index in [-0.39, 0.29) is 22.3 Å². The highest BCUT2D eigenvalue weighted by molar-refractivity contribution is 5.89. The van der Waals surface area contributed by atoms with Crippen molar-refractivity contribution in [3.05, 3.63) is 69.0 Å². The number of hydrogen-bond donors (Lipinski definition) is 10. The summed E-state index contributed by atoms with van der Waals surface area (Å²) in [4.78, 5) is 25.5. The molecule has 2 heterocycles. The average Bonchev–Trinajstić information content (AvgIpc) is 2.96. The summed E-state index contributed by atoms with van der Waals surface area (Å²) in [6.45, 7) is 0. The maximum absolute atomic E-state index is 12.8. The number of hydrogen-bond acceptors (Lipinski definition) is 15. The Hall–Kier alpha value is -6.90. The molecule has 0 saturated carbocycles. The standard InChI is InChI=1S/C30H18O15/c31-11-5-13(33)21-17(7-11)44-29(27(41)25(21)39)9-1-15(35)23(37)19(3-9)43-20-4-10(2-16(36)24(20)38)30-28(42)26(40)22-14(34)6-12(32)8-18(22)45-30/h1-8,31-38,41-42H. The zero-order valence-electron chi connectivity index (χ0n) is 22.1. The lowest BCUT2D eigenvalue weighted by Gasteiger charge is -2.15. The molecule has 0 atom stereocenters. The Morgan fingerprint density at radius 3 is 1.20 bits per heavy atom. The molecule has 0 radical (unpaired) electrons. The molecular formula is C30H18O15. The zero-order chi connectivity index (χ0) is 32.5. The van der Waals surface area contributed by atoms with Crippen LogP contribution in [0, 0.1) is 0 Å². The fourth-order valence-corrected chi connectivity index (χ4v) is 4.66. The first kappa shape index (κ1) is 28.2. The number of rotatable bonds is 4. The summed E-state index contributed by atoms with van der Waals surface area (Å²) in [6, 6.07) is 7.30. The molecular weight excluding hydrogens is 600 g/mol. The van der Waals surface area contributed by atoms with Gasteiger partial charge in [0.1, 0.15) is 44.9 Å². The van der Waals surface area contributed by atoms with Crippen LogP contribution in [-0.4, -0.2) is 51.1 Å². The molecule has 6 rings (SSSR count). The molecule has 0 bridgehead atoms. The average molecular weight is 618 g/mol. The van der Waals surface area contributed by atoms with Gasteiger partial charge in [0.2, 0.25) is 33.9 Å². The summed E-state index contributed by atoms with van der Waals surface area (Å²) in [5.41, 5.74) is -3.47. The highest BCUT2D eigenvalue weighted by atomic mass is 16.5. The van der Waals surface area contributed by atoms with Crippen LogP contribution in [0.5, 0.6) is 69.0 Å². The van der Waals surface area contributed by atoms with E-state index in [4.69, 9.17) is 13.6 Å². The summed E-state index contributed by atoms with van der Waals surface area (Å²) < 4.78 is 16.5. The predicted octanol–water partition coefficient (Wildman–Crippen LogP) is 4.08. The largest absolute Gasteiger partial charge is 0.508 e. The second-order valence-electron chi connectivity index (χ2n) is 9.68. The van der Waals surface area contributed by atoms with Gasteiger partial charge >= 0.3 is 0 Å². The highest BCUT2D eigenvalue weighted by Gasteiger charge is 2.25. The monoisotopic (exact) mass is 618 g/mol. The lowest BCUT2D eigenvalue weighted by molar-refractivity contribution is 0.351. The van der Waals surface area contributed by atoms with E-state index in [9.17, 15) is 60.7 Å². The molecule has 2 aromatic heterocycles. The molecule has 4 aromatic carbocycles. The fraction of sp³-hybridized carbons (Fsp3) is 0. The van der Waals surface area contributed by atoms with E-state index in [1.807, 2.05) is 0 Å². The first-order chi connectivity index (χ1) is 21.2.